The smallest absolute Gasteiger partial charge is 0.0474 e. The summed E-state index contributed by atoms with van der Waals surface area (Å²) in [5, 5.41) is 17.9. The number of nitrogens with zero attached hydrogens (tertiary/aromatic N) is 1. The summed E-state index contributed by atoms with van der Waals surface area (Å²) in [5.41, 5.74) is 18.8. The minimum Gasteiger partial charge on any atom is -0.310 e. The zero-order chi connectivity index (χ0) is 46.3. The molecule has 14 aromatic rings. The quantitative estimate of drug-likeness (QED) is 0.156. The van der Waals surface area contributed by atoms with Crippen LogP contribution in [0.3, 0.4) is 0 Å². The number of rotatable bonds is 5. The van der Waals surface area contributed by atoms with Crippen molar-refractivity contribution in [2.24, 2.45) is 0 Å². The Bertz CT molecular complexity index is 4550. The summed E-state index contributed by atoms with van der Waals surface area (Å²) >= 11 is 0. The van der Waals surface area contributed by atoms with Gasteiger partial charge in [-0.3, -0.25) is 0 Å². The Labute approximate surface area is 410 Å². The molecular formula is C70H41N. The van der Waals surface area contributed by atoms with E-state index in [2.05, 4.69) is 254 Å². The van der Waals surface area contributed by atoms with E-state index < -0.39 is 0 Å². The normalized spacial score (nSPS) is 12.2. The van der Waals surface area contributed by atoms with Gasteiger partial charge in [0.05, 0.1) is 0 Å². The van der Waals surface area contributed by atoms with Crippen molar-refractivity contribution >= 4 is 92.5 Å². The monoisotopic (exact) mass is 895 g/mol. The Morgan fingerprint density at radius 1 is 0.197 bits per heavy atom. The Kier molecular flexibility index (Phi) is 7.95. The van der Waals surface area contributed by atoms with Crippen LogP contribution in [-0.2, 0) is 0 Å². The Morgan fingerprint density at radius 3 is 1.38 bits per heavy atom. The third kappa shape index (κ3) is 5.41. The van der Waals surface area contributed by atoms with Crippen molar-refractivity contribution in [2.75, 3.05) is 4.90 Å². The van der Waals surface area contributed by atoms with E-state index >= 15 is 0 Å². The van der Waals surface area contributed by atoms with Gasteiger partial charge in [-0.1, -0.05) is 188 Å². The molecule has 2 aliphatic carbocycles. The van der Waals surface area contributed by atoms with E-state index in [-0.39, 0.29) is 0 Å². The fourth-order valence-electron chi connectivity index (χ4n) is 12.9. The molecule has 0 aromatic heterocycles. The molecule has 0 N–H and O–H groups in total. The van der Waals surface area contributed by atoms with E-state index in [9.17, 15) is 0 Å². The maximum Gasteiger partial charge on any atom is 0.0474 e. The molecule has 0 bridgehead atoms. The van der Waals surface area contributed by atoms with Gasteiger partial charge in [0.1, 0.15) is 0 Å². The lowest BCUT2D eigenvalue weighted by Gasteiger charge is -2.27. The summed E-state index contributed by atoms with van der Waals surface area (Å²) in [4.78, 5) is 2.43. The molecule has 1 heteroatoms. The van der Waals surface area contributed by atoms with E-state index in [1.807, 2.05) is 0 Å². The first-order valence-electron chi connectivity index (χ1n) is 24.7. The molecule has 1 nitrogen and oxygen atoms in total. The highest BCUT2D eigenvalue weighted by Crippen LogP contribution is 2.61. The predicted octanol–water partition coefficient (Wildman–Crippen LogP) is 19.9. The van der Waals surface area contributed by atoms with Gasteiger partial charge in [0, 0.05) is 17.1 Å². The summed E-state index contributed by atoms with van der Waals surface area (Å²) in [6.07, 6.45) is 0. The van der Waals surface area contributed by atoms with Crippen LogP contribution in [0.4, 0.5) is 17.1 Å². The fourth-order valence-corrected chi connectivity index (χ4v) is 12.9. The maximum atomic E-state index is 2.51. The predicted molar refractivity (Wildman–Crippen MR) is 303 cm³/mol. The van der Waals surface area contributed by atoms with Gasteiger partial charge < -0.3 is 4.90 Å². The molecule has 0 unspecified atom stereocenters. The average Bonchev–Trinajstić information content (AvgIpc) is 3.93. The van der Waals surface area contributed by atoms with Crippen molar-refractivity contribution in [3.05, 3.63) is 249 Å². The SMILES string of the molecule is c1ccc(-c2c3c(c(-c4ccccc4)c4c2ccc2c5cc6c(cc5ccc24)-c2cccc4c2c-6cc2ccccc24)-c2cc(N(c4ccccc4)c4ccccc4)cc4c2c-3cc2ccccc24)cc1. The molecule has 0 aliphatic heterocycles. The molecule has 14 aromatic carbocycles. The summed E-state index contributed by atoms with van der Waals surface area (Å²) in [7, 11) is 0. The molecule has 16 rings (SSSR count). The van der Waals surface area contributed by atoms with E-state index in [0.29, 0.717) is 0 Å². The molecule has 0 atom stereocenters. The number of hydrogen-bond donors (Lipinski definition) is 0. The standard InChI is InChI=1S/C70H41N/c1-5-18-42(19-6-1)64-56-35-34-52-55(33-32-46-36-58-54-31-17-30-53-50-28-15-13-22-44(50)37-60(66(53)54)59(58)41-57(46)52)68(56)65(43-20-7-2-8-21-43)70-63-40-49(71(47-24-9-3-10-25-47)48-26-11-4-12-27-48)39-61-51-29-16-14-23-45(51)38-62(67(61)63)69(64)70/h1-41H. The van der Waals surface area contributed by atoms with Crippen molar-refractivity contribution in [2.45, 2.75) is 0 Å². The van der Waals surface area contributed by atoms with Gasteiger partial charge in [0.15, 0.2) is 0 Å². The lowest BCUT2D eigenvalue weighted by atomic mass is 9.80. The first kappa shape index (κ1) is 38.6. The molecule has 0 saturated heterocycles. The summed E-state index contributed by atoms with van der Waals surface area (Å²) in [6.45, 7) is 0. The molecule has 2 aliphatic rings. The summed E-state index contributed by atoms with van der Waals surface area (Å²) in [5.74, 6) is 0. The van der Waals surface area contributed by atoms with E-state index in [4.69, 9.17) is 0 Å². The van der Waals surface area contributed by atoms with Crippen LogP contribution in [0.2, 0.25) is 0 Å². The van der Waals surface area contributed by atoms with Crippen molar-refractivity contribution < 1.29 is 0 Å². The van der Waals surface area contributed by atoms with Crippen molar-refractivity contribution in [1.29, 1.82) is 0 Å². The average molecular weight is 896 g/mol. The number of anilines is 3. The number of hydrogen-bond acceptors (Lipinski definition) is 1. The molecule has 0 heterocycles. The van der Waals surface area contributed by atoms with E-state index in [1.54, 1.807) is 0 Å². The zero-order valence-electron chi connectivity index (χ0n) is 38.6. The Morgan fingerprint density at radius 2 is 0.676 bits per heavy atom. The highest BCUT2D eigenvalue weighted by atomic mass is 15.1. The van der Waals surface area contributed by atoms with Crippen LogP contribution in [0.5, 0.6) is 0 Å². The van der Waals surface area contributed by atoms with E-state index in [0.717, 1.165) is 17.1 Å². The van der Waals surface area contributed by atoms with Crippen LogP contribution in [0.25, 0.3) is 142 Å². The fraction of sp³-hybridized carbons (Fsp3) is 0. The third-order valence-electron chi connectivity index (χ3n) is 15.8. The van der Waals surface area contributed by atoms with Crippen LogP contribution < -0.4 is 4.90 Å². The van der Waals surface area contributed by atoms with Gasteiger partial charge >= 0.3 is 0 Å². The molecule has 0 amide bonds. The minimum absolute atomic E-state index is 1.12. The zero-order valence-corrected chi connectivity index (χ0v) is 38.6. The van der Waals surface area contributed by atoms with E-state index in [1.165, 1.54) is 142 Å². The lowest BCUT2D eigenvalue weighted by molar-refractivity contribution is 1.29. The lowest BCUT2D eigenvalue weighted by Crippen LogP contribution is -2.09. The first-order chi connectivity index (χ1) is 35.2. The molecule has 0 radical (unpaired) electrons. The topological polar surface area (TPSA) is 3.24 Å². The molecular weight excluding hydrogens is 855 g/mol. The highest BCUT2D eigenvalue weighted by Gasteiger charge is 2.34. The summed E-state index contributed by atoms with van der Waals surface area (Å²) in [6, 6.07) is 93.2. The largest absolute Gasteiger partial charge is 0.310 e. The minimum atomic E-state index is 1.12. The van der Waals surface area contributed by atoms with Gasteiger partial charge in [0.2, 0.25) is 0 Å². The van der Waals surface area contributed by atoms with Gasteiger partial charge in [0.25, 0.3) is 0 Å². The summed E-state index contributed by atoms with van der Waals surface area (Å²) < 4.78 is 0. The number of fused-ring (bicyclic) bond motifs is 15. The van der Waals surface area contributed by atoms with Crippen LogP contribution in [0.1, 0.15) is 0 Å². The number of para-hydroxylation sites is 2. The molecule has 326 valence electrons. The van der Waals surface area contributed by atoms with Gasteiger partial charge in [-0.05, 0) is 203 Å². The second-order valence-corrected chi connectivity index (χ2v) is 19.4. The Balaban J connectivity index is 1.07. The van der Waals surface area contributed by atoms with Crippen LogP contribution in [0, 0.1) is 0 Å². The molecule has 0 spiro atoms. The van der Waals surface area contributed by atoms with Crippen LogP contribution in [0.15, 0.2) is 249 Å². The van der Waals surface area contributed by atoms with Crippen LogP contribution in [-0.4, -0.2) is 0 Å². The van der Waals surface area contributed by atoms with Gasteiger partial charge in [-0.2, -0.15) is 0 Å². The molecule has 0 saturated carbocycles. The molecule has 0 fully saturated rings. The van der Waals surface area contributed by atoms with Crippen LogP contribution >= 0.6 is 0 Å². The first-order valence-corrected chi connectivity index (χ1v) is 24.7. The molecule has 71 heavy (non-hydrogen) atoms. The van der Waals surface area contributed by atoms with Crippen molar-refractivity contribution in [1.82, 2.24) is 0 Å². The maximum absolute atomic E-state index is 2.51. The second-order valence-electron chi connectivity index (χ2n) is 19.4. The van der Waals surface area contributed by atoms with Crippen molar-refractivity contribution in [3.8, 4) is 66.8 Å². The number of benzene rings is 14. The highest BCUT2D eigenvalue weighted by molar-refractivity contribution is 6.35. The van der Waals surface area contributed by atoms with Gasteiger partial charge in [-0.15, -0.1) is 0 Å². The third-order valence-corrected chi connectivity index (χ3v) is 15.8. The van der Waals surface area contributed by atoms with Crippen molar-refractivity contribution in [3.63, 3.8) is 0 Å². The van der Waals surface area contributed by atoms with Gasteiger partial charge in [-0.25, -0.2) is 0 Å². The second kappa shape index (κ2) is 14.6. The Hall–Kier alpha value is -9.30.